The van der Waals surface area contributed by atoms with Gasteiger partial charge >= 0.3 is 0 Å². The van der Waals surface area contributed by atoms with Crippen molar-refractivity contribution in [3.05, 3.63) is 47.0 Å². The lowest BCUT2D eigenvalue weighted by molar-refractivity contribution is 0.598. The summed E-state index contributed by atoms with van der Waals surface area (Å²) < 4.78 is 23.0. The first-order valence-corrected chi connectivity index (χ1v) is 7.61. The summed E-state index contributed by atoms with van der Waals surface area (Å²) in [5.74, 6) is 0. The van der Waals surface area contributed by atoms with Crippen LogP contribution in [0.25, 0.3) is 0 Å². The standard InChI is InChI=1S/C11H11BrN4O2S/c12-10-3-9(19(13,17)18)1-2-11(10)16-6-8-4-14-7-15-5-8/h1-5,7,16H,6H2,(H2,13,17,18). The number of halogens is 1. The highest BCUT2D eigenvalue weighted by molar-refractivity contribution is 9.10. The highest BCUT2D eigenvalue weighted by atomic mass is 79.9. The van der Waals surface area contributed by atoms with Gasteiger partial charge < -0.3 is 5.32 Å². The molecule has 2 aromatic rings. The van der Waals surface area contributed by atoms with Crippen LogP contribution in [0.1, 0.15) is 5.56 Å². The van der Waals surface area contributed by atoms with Crippen molar-refractivity contribution < 1.29 is 8.42 Å². The lowest BCUT2D eigenvalue weighted by Gasteiger charge is -2.09. The number of anilines is 1. The van der Waals surface area contributed by atoms with E-state index in [2.05, 4.69) is 31.2 Å². The molecule has 2 rings (SSSR count). The number of primary sulfonamides is 1. The number of aromatic nitrogens is 2. The summed E-state index contributed by atoms with van der Waals surface area (Å²) in [6.45, 7) is 0.536. The second kappa shape index (κ2) is 5.64. The van der Waals surface area contributed by atoms with E-state index in [1.807, 2.05) is 0 Å². The number of sulfonamides is 1. The molecule has 8 heteroatoms. The molecule has 0 bridgehead atoms. The van der Waals surface area contributed by atoms with Crippen LogP contribution < -0.4 is 10.5 Å². The Kier molecular flexibility index (Phi) is 4.13. The molecular formula is C11H11BrN4O2S. The van der Waals surface area contributed by atoms with E-state index in [0.717, 1.165) is 11.3 Å². The normalized spacial score (nSPS) is 11.3. The second-order valence-electron chi connectivity index (χ2n) is 3.79. The lowest BCUT2D eigenvalue weighted by atomic mass is 10.3. The van der Waals surface area contributed by atoms with Gasteiger partial charge in [0.25, 0.3) is 0 Å². The van der Waals surface area contributed by atoms with Crippen LogP contribution in [0.4, 0.5) is 5.69 Å². The smallest absolute Gasteiger partial charge is 0.238 e. The van der Waals surface area contributed by atoms with E-state index in [-0.39, 0.29) is 4.90 Å². The van der Waals surface area contributed by atoms with Crippen molar-refractivity contribution in [1.29, 1.82) is 0 Å². The Morgan fingerprint density at radius 1 is 1.26 bits per heavy atom. The van der Waals surface area contributed by atoms with Crippen molar-refractivity contribution in [3.8, 4) is 0 Å². The predicted octanol–water partition coefficient (Wildman–Crippen LogP) is 1.50. The zero-order chi connectivity index (χ0) is 13.9. The van der Waals surface area contributed by atoms with E-state index in [4.69, 9.17) is 5.14 Å². The molecule has 3 N–H and O–H groups in total. The fraction of sp³-hybridized carbons (Fsp3) is 0.0909. The first-order chi connectivity index (χ1) is 8.97. The molecule has 1 aromatic carbocycles. The second-order valence-corrected chi connectivity index (χ2v) is 6.20. The molecule has 0 radical (unpaired) electrons. The molecular weight excluding hydrogens is 332 g/mol. The molecule has 0 aliphatic carbocycles. The third-order valence-corrected chi connectivity index (χ3v) is 3.93. The summed E-state index contributed by atoms with van der Waals surface area (Å²) in [4.78, 5) is 7.88. The summed E-state index contributed by atoms with van der Waals surface area (Å²) in [5, 5.41) is 8.20. The number of hydrogen-bond donors (Lipinski definition) is 2. The van der Waals surface area contributed by atoms with E-state index >= 15 is 0 Å². The fourth-order valence-corrected chi connectivity index (χ4v) is 2.65. The molecule has 0 fully saturated rings. The van der Waals surface area contributed by atoms with Crippen LogP contribution in [0, 0.1) is 0 Å². The summed E-state index contributed by atoms with van der Waals surface area (Å²) in [5.41, 5.74) is 1.68. The Morgan fingerprint density at radius 3 is 2.53 bits per heavy atom. The van der Waals surface area contributed by atoms with Crippen molar-refractivity contribution in [1.82, 2.24) is 9.97 Å². The largest absolute Gasteiger partial charge is 0.380 e. The molecule has 19 heavy (non-hydrogen) atoms. The van der Waals surface area contributed by atoms with Gasteiger partial charge in [-0.2, -0.15) is 0 Å². The molecule has 0 atom stereocenters. The molecule has 0 saturated carbocycles. The number of nitrogens with one attached hydrogen (secondary N) is 1. The SMILES string of the molecule is NS(=O)(=O)c1ccc(NCc2cncnc2)c(Br)c1. The molecule has 0 unspecified atom stereocenters. The molecule has 1 heterocycles. The summed E-state index contributed by atoms with van der Waals surface area (Å²) >= 11 is 3.30. The number of rotatable bonds is 4. The maximum atomic E-state index is 11.2. The molecule has 100 valence electrons. The van der Waals surface area contributed by atoms with Gasteiger partial charge in [0, 0.05) is 34.7 Å². The molecule has 0 spiro atoms. The van der Waals surface area contributed by atoms with Gasteiger partial charge in [-0.05, 0) is 34.1 Å². The zero-order valence-electron chi connectivity index (χ0n) is 9.75. The maximum Gasteiger partial charge on any atom is 0.238 e. The Labute approximate surface area is 119 Å². The predicted molar refractivity (Wildman–Crippen MR) is 74.9 cm³/mol. The zero-order valence-corrected chi connectivity index (χ0v) is 12.1. The molecule has 6 nitrogen and oxygen atoms in total. The lowest BCUT2D eigenvalue weighted by Crippen LogP contribution is -2.12. The first-order valence-electron chi connectivity index (χ1n) is 5.27. The average molecular weight is 343 g/mol. The van der Waals surface area contributed by atoms with Crippen LogP contribution in [0.15, 0.2) is 46.3 Å². The number of nitrogens with two attached hydrogens (primary N) is 1. The van der Waals surface area contributed by atoms with Crippen molar-refractivity contribution in [2.75, 3.05) is 5.32 Å². The molecule has 0 saturated heterocycles. The maximum absolute atomic E-state index is 11.2. The Balaban J connectivity index is 2.14. The Hall–Kier alpha value is -1.51. The van der Waals surface area contributed by atoms with Crippen LogP contribution in [0.5, 0.6) is 0 Å². The van der Waals surface area contributed by atoms with Gasteiger partial charge in [0.05, 0.1) is 4.90 Å². The minimum atomic E-state index is -3.69. The van der Waals surface area contributed by atoms with Crippen LogP contribution in [-0.2, 0) is 16.6 Å². The fourth-order valence-electron chi connectivity index (χ4n) is 1.43. The van der Waals surface area contributed by atoms with E-state index in [0.29, 0.717) is 11.0 Å². The van der Waals surface area contributed by atoms with Crippen LogP contribution in [-0.4, -0.2) is 18.4 Å². The highest BCUT2D eigenvalue weighted by Gasteiger charge is 2.10. The van der Waals surface area contributed by atoms with E-state index in [1.165, 1.54) is 18.5 Å². The minimum absolute atomic E-state index is 0.0629. The van der Waals surface area contributed by atoms with E-state index in [9.17, 15) is 8.42 Å². The Morgan fingerprint density at radius 2 is 1.95 bits per heavy atom. The summed E-state index contributed by atoms with van der Waals surface area (Å²) in [7, 11) is -3.69. The average Bonchev–Trinajstić information content (AvgIpc) is 2.37. The molecule has 0 aliphatic heterocycles. The third-order valence-electron chi connectivity index (χ3n) is 2.37. The van der Waals surface area contributed by atoms with Crippen LogP contribution >= 0.6 is 15.9 Å². The van der Waals surface area contributed by atoms with Gasteiger partial charge in [-0.25, -0.2) is 23.5 Å². The monoisotopic (exact) mass is 342 g/mol. The van der Waals surface area contributed by atoms with Crippen LogP contribution in [0.2, 0.25) is 0 Å². The van der Waals surface area contributed by atoms with E-state index < -0.39 is 10.0 Å². The highest BCUT2D eigenvalue weighted by Crippen LogP contribution is 2.25. The molecule has 1 aromatic heterocycles. The van der Waals surface area contributed by atoms with Gasteiger partial charge in [0.15, 0.2) is 0 Å². The van der Waals surface area contributed by atoms with Crippen molar-refractivity contribution in [2.24, 2.45) is 5.14 Å². The molecule has 0 aliphatic rings. The van der Waals surface area contributed by atoms with E-state index in [1.54, 1.807) is 18.5 Å². The number of nitrogens with zero attached hydrogens (tertiary/aromatic N) is 2. The summed E-state index contributed by atoms with van der Waals surface area (Å²) in [6, 6.07) is 4.55. The molecule has 0 amide bonds. The van der Waals surface area contributed by atoms with Crippen LogP contribution in [0.3, 0.4) is 0 Å². The topological polar surface area (TPSA) is 98.0 Å². The van der Waals surface area contributed by atoms with Gasteiger partial charge in [0.2, 0.25) is 10.0 Å². The first kappa shape index (κ1) is 13.9. The quantitative estimate of drug-likeness (QED) is 0.877. The van der Waals surface area contributed by atoms with Gasteiger partial charge in [-0.3, -0.25) is 0 Å². The van der Waals surface area contributed by atoms with Gasteiger partial charge in [0.1, 0.15) is 6.33 Å². The minimum Gasteiger partial charge on any atom is -0.380 e. The Bertz CT molecular complexity index is 676. The van der Waals surface area contributed by atoms with Crippen molar-refractivity contribution in [3.63, 3.8) is 0 Å². The van der Waals surface area contributed by atoms with Crippen molar-refractivity contribution >= 4 is 31.6 Å². The summed E-state index contributed by atoms with van der Waals surface area (Å²) in [6.07, 6.45) is 4.86. The number of benzene rings is 1. The van der Waals surface area contributed by atoms with Crippen molar-refractivity contribution in [2.45, 2.75) is 11.4 Å². The number of hydrogen-bond acceptors (Lipinski definition) is 5. The van der Waals surface area contributed by atoms with Gasteiger partial charge in [-0.1, -0.05) is 0 Å². The van der Waals surface area contributed by atoms with Gasteiger partial charge in [-0.15, -0.1) is 0 Å². The third kappa shape index (κ3) is 3.72.